The number of piperidine rings is 1. The Hall–Kier alpha value is -2.37. The summed E-state index contributed by atoms with van der Waals surface area (Å²) >= 11 is 0. The molecule has 3 heterocycles. The summed E-state index contributed by atoms with van der Waals surface area (Å²) < 4.78 is 0. The quantitative estimate of drug-likeness (QED) is 0.920. The van der Waals surface area contributed by atoms with Crippen LogP contribution in [-0.4, -0.2) is 53.1 Å². The van der Waals surface area contributed by atoms with Crippen LogP contribution in [0.4, 0.5) is 10.6 Å². The van der Waals surface area contributed by atoms with Gasteiger partial charge in [-0.05, 0) is 31.9 Å². The van der Waals surface area contributed by atoms with E-state index in [0.717, 1.165) is 61.6 Å². The van der Waals surface area contributed by atoms with E-state index in [9.17, 15) is 4.79 Å². The Kier molecular flexibility index (Phi) is 3.52. The lowest BCUT2D eigenvalue weighted by atomic mass is 10.0. The lowest BCUT2D eigenvalue weighted by molar-refractivity contribution is 0.186. The normalized spacial score (nSPS) is 19.4. The summed E-state index contributed by atoms with van der Waals surface area (Å²) in [6.45, 7) is 5.46. The summed E-state index contributed by atoms with van der Waals surface area (Å²) in [5.41, 5.74) is 2.85. The number of amides is 2. The topological polar surface area (TPSA) is 61.4 Å². The molecule has 2 aliphatic rings. The van der Waals surface area contributed by atoms with E-state index in [1.165, 1.54) is 0 Å². The van der Waals surface area contributed by atoms with Crippen molar-refractivity contribution in [1.82, 2.24) is 20.2 Å². The highest BCUT2D eigenvalue weighted by Crippen LogP contribution is 2.25. The molecule has 6 heteroatoms. The average Bonchev–Trinajstić information content (AvgIpc) is 3.00. The van der Waals surface area contributed by atoms with Gasteiger partial charge >= 0.3 is 6.03 Å². The lowest BCUT2D eigenvalue weighted by Crippen LogP contribution is -2.46. The maximum Gasteiger partial charge on any atom is 0.317 e. The number of nitrogens with one attached hydrogen (secondary N) is 1. The molecule has 1 aromatic heterocycles. The van der Waals surface area contributed by atoms with Gasteiger partial charge in [-0.2, -0.15) is 0 Å². The monoisotopic (exact) mass is 311 g/mol. The fraction of sp³-hybridized carbons (Fsp3) is 0.471. The van der Waals surface area contributed by atoms with Crippen LogP contribution >= 0.6 is 0 Å². The van der Waals surface area contributed by atoms with Crippen LogP contribution in [0.15, 0.2) is 24.3 Å². The summed E-state index contributed by atoms with van der Waals surface area (Å²) in [6, 6.07) is 8.42. The second kappa shape index (κ2) is 5.68. The predicted molar refractivity (Wildman–Crippen MR) is 89.6 cm³/mol. The zero-order valence-corrected chi connectivity index (χ0v) is 13.3. The molecule has 0 atom stereocenters. The van der Waals surface area contributed by atoms with Crippen LogP contribution in [-0.2, 0) is 0 Å². The Morgan fingerprint density at radius 3 is 2.43 bits per heavy atom. The molecular formula is C17H21N5O. The van der Waals surface area contributed by atoms with Crippen molar-refractivity contribution in [2.24, 2.45) is 0 Å². The van der Waals surface area contributed by atoms with Gasteiger partial charge in [0.05, 0.1) is 16.7 Å². The number of para-hydroxylation sites is 2. The van der Waals surface area contributed by atoms with Crippen molar-refractivity contribution in [2.45, 2.75) is 25.8 Å². The summed E-state index contributed by atoms with van der Waals surface area (Å²) in [5, 5.41) is 2.89. The fourth-order valence-corrected chi connectivity index (χ4v) is 3.60. The van der Waals surface area contributed by atoms with Crippen LogP contribution in [0.5, 0.6) is 0 Å². The summed E-state index contributed by atoms with van der Waals surface area (Å²) in [7, 11) is 0. The zero-order chi connectivity index (χ0) is 15.8. The molecule has 0 radical (unpaired) electrons. The molecule has 6 nitrogen and oxygen atoms in total. The number of hydrogen-bond donors (Lipinski definition) is 1. The SMILES string of the molecule is Cc1nc2ccccc2nc1N1CCC(N2CCNC2=O)CC1. The van der Waals surface area contributed by atoms with Crippen LogP contribution in [0.2, 0.25) is 0 Å². The number of aromatic nitrogens is 2. The molecule has 0 saturated carbocycles. The third-order valence-corrected chi connectivity index (χ3v) is 4.81. The number of benzene rings is 1. The van der Waals surface area contributed by atoms with Gasteiger partial charge in [0.2, 0.25) is 0 Å². The highest BCUT2D eigenvalue weighted by Gasteiger charge is 2.31. The molecule has 0 spiro atoms. The first-order chi connectivity index (χ1) is 11.2. The highest BCUT2D eigenvalue weighted by molar-refractivity contribution is 5.77. The Morgan fingerprint density at radius 1 is 1.09 bits per heavy atom. The first-order valence-electron chi connectivity index (χ1n) is 8.25. The minimum atomic E-state index is 0.0881. The molecule has 23 heavy (non-hydrogen) atoms. The Labute approximate surface area is 135 Å². The van der Waals surface area contributed by atoms with E-state index < -0.39 is 0 Å². The number of fused-ring (bicyclic) bond motifs is 1. The first-order valence-corrected chi connectivity index (χ1v) is 8.25. The zero-order valence-electron chi connectivity index (χ0n) is 13.3. The minimum absolute atomic E-state index is 0.0881. The maximum atomic E-state index is 11.8. The largest absolute Gasteiger partial charge is 0.355 e. The number of hydrogen-bond acceptors (Lipinski definition) is 4. The molecule has 0 unspecified atom stereocenters. The van der Waals surface area contributed by atoms with Gasteiger partial charge in [0.1, 0.15) is 0 Å². The van der Waals surface area contributed by atoms with Crippen molar-refractivity contribution in [3.8, 4) is 0 Å². The average molecular weight is 311 g/mol. The molecule has 2 aromatic rings. The Morgan fingerprint density at radius 2 is 1.78 bits per heavy atom. The number of anilines is 1. The van der Waals surface area contributed by atoms with Gasteiger partial charge in [-0.3, -0.25) is 0 Å². The first kappa shape index (κ1) is 14.2. The van der Waals surface area contributed by atoms with Gasteiger partial charge in [-0.1, -0.05) is 12.1 Å². The van der Waals surface area contributed by atoms with Gasteiger partial charge in [0.15, 0.2) is 5.82 Å². The van der Waals surface area contributed by atoms with Gasteiger partial charge in [-0.25, -0.2) is 14.8 Å². The number of aryl methyl sites for hydroxylation is 1. The predicted octanol–water partition coefficient (Wildman–Crippen LogP) is 1.93. The smallest absolute Gasteiger partial charge is 0.317 e. The van der Waals surface area contributed by atoms with Gasteiger partial charge < -0.3 is 15.1 Å². The van der Waals surface area contributed by atoms with Gasteiger partial charge in [0, 0.05) is 32.2 Å². The third-order valence-electron chi connectivity index (χ3n) is 4.81. The van der Waals surface area contributed by atoms with Crippen LogP contribution in [0.3, 0.4) is 0 Å². The molecule has 2 aliphatic heterocycles. The van der Waals surface area contributed by atoms with Crippen molar-refractivity contribution in [3.05, 3.63) is 30.0 Å². The van der Waals surface area contributed by atoms with E-state index >= 15 is 0 Å². The number of carbonyl (C=O) groups excluding carboxylic acids is 1. The molecule has 2 amide bonds. The second-order valence-electron chi connectivity index (χ2n) is 6.26. The van der Waals surface area contributed by atoms with E-state index in [2.05, 4.69) is 15.2 Å². The van der Waals surface area contributed by atoms with Crippen LogP contribution in [0.25, 0.3) is 11.0 Å². The second-order valence-corrected chi connectivity index (χ2v) is 6.26. The molecule has 2 saturated heterocycles. The van der Waals surface area contributed by atoms with Crippen molar-refractivity contribution >= 4 is 22.9 Å². The van der Waals surface area contributed by atoms with E-state index in [1.54, 1.807) is 0 Å². The molecule has 0 aliphatic carbocycles. The molecular weight excluding hydrogens is 290 g/mol. The van der Waals surface area contributed by atoms with Crippen LogP contribution in [0, 0.1) is 6.92 Å². The number of carbonyl (C=O) groups is 1. The van der Waals surface area contributed by atoms with E-state index in [4.69, 9.17) is 4.98 Å². The molecule has 120 valence electrons. The third kappa shape index (κ3) is 2.58. The summed E-state index contributed by atoms with van der Waals surface area (Å²) in [6.07, 6.45) is 1.97. The minimum Gasteiger partial charge on any atom is -0.355 e. The Bertz CT molecular complexity index is 739. The fourth-order valence-electron chi connectivity index (χ4n) is 3.60. The van der Waals surface area contributed by atoms with E-state index in [1.807, 2.05) is 36.1 Å². The summed E-state index contributed by atoms with van der Waals surface area (Å²) in [4.78, 5) is 25.6. The number of nitrogens with zero attached hydrogens (tertiary/aromatic N) is 4. The van der Waals surface area contributed by atoms with Gasteiger partial charge in [0.25, 0.3) is 0 Å². The molecule has 0 bridgehead atoms. The molecule has 2 fully saturated rings. The summed E-state index contributed by atoms with van der Waals surface area (Å²) in [5.74, 6) is 0.980. The molecule has 1 N–H and O–H groups in total. The van der Waals surface area contributed by atoms with Crippen LogP contribution < -0.4 is 10.2 Å². The number of rotatable bonds is 2. The maximum absolute atomic E-state index is 11.8. The standard InChI is InChI=1S/C17H21N5O/c1-12-16(20-15-5-3-2-4-14(15)19-12)21-9-6-13(7-10-21)22-11-8-18-17(22)23/h2-5,13H,6-11H2,1H3,(H,18,23). The number of urea groups is 1. The van der Waals surface area contributed by atoms with Crippen molar-refractivity contribution in [2.75, 3.05) is 31.1 Å². The lowest BCUT2D eigenvalue weighted by Gasteiger charge is -2.37. The van der Waals surface area contributed by atoms with Crippen molar-refractivity contribution in [1.29, 1.82) is 0 Å². The van der Waals surface area contributed by atoms with Crippen molar-refractivity contribution in [3.63, 3.8) is 0 Å². The Balaban J connectivity index is 1.52. The van der Waals surface area contributed by atoms with E-state index in [0.29, 0.717) is 6.04 Å². The highest BCUT2D eigenvalue weighted by atomic mass is 16.2. The molecule has 1 aromatic carbocycles. The molecule has 4 rings (SSSR count). The van der Waals surface area contributed by atoms with E-state index in [-0.39, 0.29) is 6.03 Å². The van der Waals surface area contributed by atoms with Crippen molar-refractivity contribution < 1.29 is 4.79 Å². The van der Waals surface area contributed by atoms with Gasteiger partial charge in [-0.15, -0.1) is 0 Å². The van der Waals surface area contributed by atoms with Crippen LogP contribution in [0.1, 0.15) is 18.5 Å².